The highest BCUT2D eigenvalue weighted by atomic mass is 127. The highest BCUT2D eigenvalue weighted by Gasteiger charge is 1.62. The summed E-state index contributed by atoms with van der Waals surface area (Å²) in [6, 6.07) is 0. The Morgan fingerprint density at radius 3 is 2.00 bits per heavy atom. The fraction of sp³-hybridized carbons (Fsp3) is 1.00. The molecule has 0 saturated carbocycles. The van der Waals surface area contributed by atoms with E-state index >= 15 is 0 Å². The molecule has 1 nitrogen and oxygen atoms in total. The SMILES string of the molecule is B.COBI. The van der Waals surface area contributed by atoms with Gasteiger partial charge in [-0.1, -0.05) is 0 Å². The van der Waals surface area contributed by atoms with Gasteiger partial charge >= 0.3 is 5.34 Å². The first-order chi connectivity index (χ1) is 1.91. The monoisotopic (exact) mass is 184 g/mol. The van der Waals surface area contributed by atoms with Gasteiger partial charge in [0.2, 0.25) is 0 Å². The third-order valence-corrected chi connectivity index (χ3v) is 0.732. The molecule has 0 unspecified atom stereocenters. The summed E-state index contributed by atoms with van der Waals surface area (Å²) in [5.41, 5.74) is 0. The van der Waals surface area contributed by atoms with Crippen LogP contribution in [0.1, 0.15) is 0 Å². The number of hydrogen-bond donors (Lipinski definition) is 0. The fourth-order valence-electron chi connectivity index (χ4n) is 0. The lowest BCUT2D eigenvalue weighted by molar-refractivity contribution is 0.458. The molecule has 4 heteroatoms. The van der Waals surface area contributed by atoms with E-state index in [-0.39, 0.29) is 8.41 Å². The maximum atomic E-state index is 4.53. The smallest absolute Gasteiger partial charge is 0.346 e. The van der Waals surface area contributed by atoms with Crippen molar-refractivity contribution in [2.45, 2.75) is 0 Å². The molecule has 0 saturated heterocycles. The number of rotatable bonds is 1. The van der Waals surface area contributed by atoms with E-state index in [2.05, 4.69) is 27.0 Å². The molecule has 0 aliphatic carbocycles. The molecular weight excluding hydrogens is 177 g/mol. The summed E-state index contributed by atoms with van der Waals surface area (Å²) < 4.78 is 4.53. The molecule has 0 N–H and O–H groups in total. The maximum absolute atomic E-state index is 4.53. The zero-order valence-corrected chi connectivity index (χ0v) is 4.65. The van der Waals surface area contributed by atoms with E-state index in [1.165, 1.54) is 0 Å². The average molecular weight is 184 g/mol. The highest BCUT2D eigenvalue weighted by Crippen LogP contribution is 1.69. The second kappa shape index (κ2) is 8.84. The van der Waals surface area contributed by atoms with E-state index in [1.807, 2.05) is 0 Å². The van der Waals surface area contributed by atoms with E-state index in [0.717, 1.165) is 5.34 Å². The molecule has 0 aliphatic rings. The number of hydrogen-bond acceptors (Lipinski definition) is 1. The van der Waals surface area contributed by atoms with Gasteiger partial charge in [0.1, 0.15) is 0 Å². The maximum Gasteiger partial charge on any atom is 0.346 e. The first-order valence-corrected chi connectivity index (χ1v) is 2.49. The highest BCUT2D eigenvalue weighted by molar-refractivity contribution is 14.1. The minimum atomic E-state index is 0. The molecule has 0 aliphatic heterocycles. The first kappa shape index (κ1) is 9.27. The van der Waals surface area contributed by atoms with Gasteiger partial charge in [-0.3, -0.25) is 0 Å². The molecule has 30 valence electrons. The lowest BCUT2D eigenvalue weighted by atomic mass is 10.6. The molecule has 0 aromatic rings. The normalized spacial score (nSPS) is 5.20. The second-order valence-electron chi connectivity index (χ2n) is 0.398. The van der Waals surface area contributed by atoms with Crippen molar-refractivity contribution in [1.29, 1.82) is 0 Å². The Bertz CT molecular complexity index is 11.6. The van der Waals surface area contributed by atoms with Gasteiger partial charge in [-0.15, -0.1) is 22.4 Å². The van der Waals surface area contributed by atoms with Crippen LogP contribution in [0.2, 0.25) is 0 Å². The zero-order chi connectivity index (χ0) is 3.41. The van der Waals surface area contributed by atoms with Gasteiger partial charge in [-0.05, 0) is 0 Å². The lowest BCUT2D eigenvalue weighted by Crippen LogP contribution is -1.74. The summed E-state index contributed by atoms with van der Waals surface area (Å²) in [5.74, 6) is 0. The van der Waals surface area contributed by atoms with Crippen LogP contribution in [0, 0.1) is 0 Å². The fourth-order valence-corrected chi connectivity index (χ4v) is 0. The largest absolute Gasteiger partial charge is 0.431 e. The van der Waals surface area contributed by atoms with Crippen molar-refractivity contribution < 1.29 is 4.65 Å². The van der Waals surface area contributed by atoms with Gasteiger partial charge in [0.25, 0.3) is 0 Å². The van der Waals surface area contributed by atoms with Crippen LogP contribution in [0.3, 0.4) is 0 Å². The molecule has 0 spiro atoms. The average Bonchev–Trinajstić information content (AvgIpc) is 1.37. The van der Waals surface area contributed by atoms with E-state index in [0.29, 0.717) is 0 Å². The van der Waals surface area contributed by atoms with Crippen molar-refractivity contribution in [3.05, 3.63) is 0 Å². The van der Waals surface area contributed by atoms with E-state index < -0.39 is 0 Å². The Morgan fingerprint density at radius 2 is 2.00 bits per heavy atom. The Balaban J connectivity index is 0. The van der Waals surface area contributed by atoms with Crippen LogP contribution in [0.4, 0.5) is 0 Å². The van der Waals surface area contributed by atoms with E-state index in [1.54, 1.807) is 7.11 Å². The predicted octanol–water partition coefficient (Wildman–Crippen LogP) is -0.850. The van der Waals surface area contributed by atoms with Crippen LogP contribution in [0.15, 0.2) is 0 Å². The summed E-state index contributed by atoms with van der Waals surface area (Å²) >= 11 is 2.13. The summed E-state index contributed by atoms with van der Waals surface area (Å²) in [6.07, 6.45) is 0. The summed E-state index contributed by atoms with van der Waals surface area (Å²) in [7, 11) is 1.67. The van der Waals surface area contributed by atoms with Crippen LogP contribution in [-0.2, 0) is 4.65 Å². The van der Waals surface area contributed by atoms with Crippen molar-refractivity contribution in [1.82, 2.24) is 0 Å². The topological polar surface area (TPSA) is 9.23 Å². The molecule has 0 amide bonds. The third kappa shape index (κ3) is 11.6. The summed E-state index contributed by atoms with van der Waals surface area (Å²) in [6.45, 7) is 0. The Hall–Kier alpha value is 0.820. The molecule has 0 heterocycles. The quantitative estimate of drug-likeness (QED) is 0.380. The minimum absolute atomic E-state index is 0. The van der Waals surface area contributed by atoms with Gasteiger partial charge in [0.05, 0.1) is 8.41 Å². The molecule has 0 atom stereocenters. The Labute approximate surface area is 48.2 Å². The molecular formula is CH7B2IO. The van der Waals surface area contributed by atoms with Crippen LogP contribution < -0.4 is 0 Å². The second-order valence-corrected chi connectivity index (χ2v) is 1.02. The molecule has 0 aromatic heterocycles. The Kier molecular flexibility index (Phi) is 16.4. The predicted molar refractivity (Wildman–Crippen MR) is 38.1 cm³/mol. The van der Waals surface area contributed by atoms with Gasteiger partial charge < -0.3 is 4.65 Å². The van der Waals surface area contributed by atoms with Crippen molar-refractivity contribution in [3.63, 3.8) is 0 Å². The van der Waals surface area contributed by atoms with Crippen molar-refractivity contribution in [2.75, 3.05) is 7.11 Å². The van der Waals surface area contributed by atoms with E-state index in [9.17, 15) is 0 Å². The molecule has 0 aromatic carbocycles. The van der Waals surface area contributed by atoms with Gasteiger partial charge in [0.15, 0.2) is 0 Å². The van der Waals surface area contributed by atoms with Gasteiger partial charge in [-0.2, -0.15) is 0 Å². The minimum Gasteiger partial charge on any atom is -0.431 e. The summed E-state index contributed by atoms with van der Waals surface area (Å²) in [4.78, 5) is 0. The molecule has 0 rings (SSSR count). The summed E-state index contributed by atoms with van der Waals surface area (Å²) in [5, 5.41) is 0.789. The van der Waals surface area contributed by atoms with Crippen LogP contribution in [0.25, 0.3) is 0 Å². The molecule has 0 radical (unpaired) electrons. The van der Waals surface area contributed by atoms with E-state index in [4.69, 9.17) is 0 Å². The van der Waals surface area contributed by atoms with Crippen molar-refractivity contribution >= 4 is 36.1 Å². The number of halogens is 1. The molecule has 5 heavy (non-hydrogen) atoms. The zero-order valence-electron chi connectivity index (χ0n) is 2.49. The standard InChI is InChI=1S/CH4BIO.BH3/c1-4-2-3;/h2H,1H3;1H3. The van der Waals surface area contributed by atoms with Crippen LogP contribution >= 0.6 is 22.4 Å². The third-order valence-electron chi connectivity index (χ3n) is 0.109. The van der Waals surface area contributed by atoms with Crippen molar-refractivity contribution in [2.24, 2.45) is 0 Å². The van der Waals surface area contributed by atoms with Crippen LogP contribution in [0.5, 0.6) is 0 Å². The Morgan fingerprint density at radius 1 is 1.80 bits per heavy atom. The van der Waals surface area contributed by atoms with Gasteiger partial charge in [0, 0.05) is 7.11 Å². The van der Waals surface area contributed by atoms with Crippen LogP contribution in [-0.4, -0.2) is 20.9 Å². The lowest BCUT2D eigenvalue weighted by Gasteiger charge is -1.71. The van der Waals surface area contributed by atoms with Gasteiger partial charge in [-0.25, -0.2) is 0 Å². The molecule has 0 fully saturated rings. The van der Waals surface area contributed by atoms with Crippen molar-refractivity contribution in [3.8, 4) is 0 Å². The first-order valence-electron chi connectivity index (χ1n) is 0.964. The molecule has 0 bridgehead atoms.